The number of hydrogen-bond acceptors (Lipinski definition) is 5. The van der Waals surface area contributed by atoms with Gasteiger partial charge in [-0.05, 0) is 43.2 Å². The molecule has 3 rings (SSSR count). The van der Waals surface area contributed by atoms with Gasteiger partial charge >= 0.3 is 0 Å². The minimum Gasteiger partial charge on any atom is -0.368 e. The summed E-state index contributed by atoms with van der Waals surface area (Å²) in [6.45, 7) is 2.62. The zero-order valence-electron chi connectivity index (χ0n) is 14.4. The van der Waals surface area contributed by atoms with Crippen LogP contribution < -0.4 is 10.0 Å². The van der Waals surface area contributed by atoms with Gasteiger partial charge < -0.3 is 5.32 Å². The number of rotatable bonds is 7. The predicted molar refractivity (Wildman–Crippen MR) is 103 cm³/mol. The van der Waals surface area contributed by atoms with Crippen molar-refractivity contribution in [1.82, 2.24) is 10.2 Å². The molecule has 2 aromatic carbocycles. The molecule has 0 saturated carbocycles. The van der Waals surface area contributed by atoms with Crippen molar-refractivity contribution in [2.75, 3.05) is 16.6 Å². The lowest BCUT2D eigenvalue weighted by Gasteiger charge is -2.08. The fourth-order valence-corrected chi connectivity index (χ4v) is 3.37. The van der Waals surface area contributed by atoms with E-state index in [1.807, 2.05) is 25.1 Å². The Labute approximate surface area is 153 Å². The molecule has 0 aliphatic carbocycles. The zero-order chi connectivity index (χ0) is 18.4. The summed E-state index contributed by atoms with van der Waals surface area (Å²) < 4.78 is 27.1. The Kier molecular flexibility index (Phi) is 5.48. The lowest BCUT2D eigenvalue weighted by atomic mass is 10.1. The molecule has 1 heterocycles. The molecule has 0 spiro atoms. The first-order valence-corrected chi connectivity index (χ1v) is 9.72. The zero-order valence-corrected chi connectivity index (χ0v) is 15.2. The molecule has 0 fully saturated rings. The molecule has 0 aliphatic rings. The molecule has 2 N–H and O–H groups in total. The van der Waals surface area contributed by atoms with Crippen LogP contribution in [0.1, 0.15) is 11.1 Å². The average Bonchev–Trinajstić information content (AvgIpc) is 2.64. The van der Waals surface area contributed by atoms with Crippen molar-refractivity contribution in [3.8, 4) is 0 Å². The van der Waals surface area contributed by atoms with Crippen LogP contribution in [-0.4, -0.2) is 25.2 Å². The summed E-state index contributed by atoms with van der Waals surface area (Å²) in [4.78, 5) is 0.190. The lowest BCUT2D eigenvalue weighted by molar-refractivity contribution is 0.601. The van der Waals surface area contributed by atoms with Gasteiger partial charge in [0.1, 0.15) is 5.82 Å². The Bertz CT molecular complexity index is 941. The maximum atomic E-state index is 12.3. The fraction of sp³-hybridized carbons (Fsp3) is 0.158. The van der Waals surface area contributed by atoms with Crippen molar-refractivity contribution in [1.29, 1.82) is 0 Å². The number of benzene rings is 2. The monoisotopic (exact) mass is 368 g/mol. The minimum atomic E-state index is -3.67. The summed E-state index contributed by atoms with van der Waals surface area (Å²) in [5.41, 5.74) is 2.23. The second kappa shape index (κ2) is 7.97. The van der Waals surface area contributed by atoms with E-state index < -0.39 is 10.0 Å². The number of aryl methyl sites for hydroxylation is 1. The van der Waals surface area contributed by atoms with E-state index in [2.05, 4.69) is 32.4 Å². The quantitative estimate of drug-likeness (QED) is 0.669. The van der Waals surface area contributed by atoms with E-state index >= 15 is 0 Å². The molecule has 7 heteroatoms. The Morgan fingerprint density at radius 3 is 2.15 bits per heavy atom. The third kappa shape index (κ3) is 4.80. The highest BCUT2D eigenvalue weighted by Crippen LogP contribution is 2.15. The van der Waals surface area contributed by atoms with Crippen LogP contribution in [0.4, 0.5) is 11.6 Å². The third-order valence-electron chi connectivity index (χ3n) is 3.80. The van der Waals surface area contributed by atoms with Crippen LogP contribution in [-0.2, 0) is 16.4 Å². The summed E-state index contributed by atoms with van der Waals surface area (Å²) in [6, 6.07) is 20.0. The van der Waals surface area contributed by atoms with Crippen LogP contribution >= 0.6 is 0 Å². The summed E-state index contributed by atoms with van der Waals surface area (Å²) in [5, 5.41) is 11.1. The number of sulfonamides is 1. The number of hydrogen-bond donors (Lipinski definition) is 2. The van der Waals surface area contributed by atoms with Gasteiger partial charge in [0.25, 0.3) is 10.0 Å². The van der Waals surface area contributed by atoms with E-state index in [4.69, 9.17) is 0 Å². The van der Waals surface area contributed by atoms with Gasteiger partial charge in [0, 0.05) is 6.54 Å². The van der Waals surface area contributed by atoms with Gasteiger partial charge in [0.2, 0.25) is 0 Å². The Morgan fingerprint density at radius 1 is 0.846 bits per heavy atom. The van der Waals surface area contributed by atoms with E-state index in [0.717, 1.165) is 12.0 Å². The van der Waals surface area contributed by atoms with Gasteiger partial charge in [-0.2, -0.15) is 0 Å². The highest BCUT2D eigenvalue weighted by molar-refractivity contribution is 7.92. The lowest BCUT2D eigenvalue weighted by Crippen LogP contribution is -2.15. The first-order chi connectivity index (χ1) is 12.5. The van der Waals surface area contributed by atoms with Crippen LogP contribution in [0, 0.1) is 6.92 Å². The van der Waals surface area contributed by atoms with E-state index in [0.29, 0.717) is 12.4 Å². The normalized spacial score (nSPS) is 11.1. The van der Waals surface area contributed by atoms with Crippen molar-refractivity contribution in [2.24, 2.45) is 0 Å². The Balaban J connectivity index is 1.58. The van der Waals surface area contributed by atoms with Gasteiger partial charge in [-0.15, -0.1) is 10.2 Å². The smallest absolute Gasteiger partial charge is 0.263 e. The third-order valence-corrected chi connectivity index (χ3v) is 5.17. The first-order valence-electron chi connectivity index (χ1n) is 8.24. The molecule has 0 atom stereocenters. The maximum Gasteiger partial charge on any atom is 0.263 e. The molecule has 0 bridgehead atoms. The van der Waals surface area contributed by atoms with Crippen molar-refractivity contribution < 1.29 is 8.42 Å². The highest BCUT2D eigenvalue weighted by Gasteiger charge is 2.14. The SMILES string of the molecule is Cc1ccc(S(=O)(=O)Nc2ccc(NCCc3ccccc3)nn2)cc1. The number of nitrogens with zero attached hydrogens (tertiary/aromatic N) is 2. The van der Waals surface area contributed by atoms with Crippen LogP contribution in [0.25, 0.3) is 0 Å². The molecule has 134 valence electrons. The van der Waals surface area contributed by atoms with E-state index in [1.54, 1.807) is 36.4 Å². The van der Waals surface area contributed by atoms with Gasteiger partial charge in [0.05, 0.1) is 4.90 Å². The maximum absolute atomic E-state index is 12.3. The number of aromatic nitrogens is 2. The van der Waals surface area contributed by atoms with Crippen LogP contribution in [0.3, 0.4) is 0 Å². The predicted octanol–water partition coefficient (Wildman–Crippen LogP) is 3.24. The molecular weight excluding hydrogens is 348 g/mol. The molecule has 3 aromatic rings. The molecule has 26 heavy (non-hydrogen) atoms. The van der Waals surface area contributed by atoms with E-state index in [-0.39, 0.29) is 10.7 Å². The van der Waals surface area contributed by atoms with Crippen LogP contribution in [0.5, 0.6) is 0 Å². The topological polar surface area (TPSA) is 84.0 Å². The fourth-order valence-electron chi connectivity index (χ4n) is 2.37. The van der Waals surface area contributed by atoms with Crippen molar-refractivity contribution in [2.45, 2.75) is 18.2 Å². The molecule has 6 nitrogen and oxygen atoms in total. The molecule has 0 saturated heterocycles. The summed E-state index contributed by atoms with van der Waals surface area (Å²) in [7, 11) is -3.67. The molecule has 0 unspecified atom stereocenters. The van der Waals surface area contributed by atoms with Gasteiger partial charge in [-0.25, -0.2) is 8.42 Å². The first kappa shape index (κ1) is 17.9. The summed E-state index contributed by atoms with van der Waals surface area (Å²) >= 11 is 0. The molecular formula is C19H20N4O2S. The van der Waals surface area contributed by atoms with Crippen molar-refractivity contribution in [3.05, 3.63) is 77.9 Å². The Morgan fingerprint density at radius 2 is 1.50 bits per heavy atom. The van der Waals surface area contributed by atoms with Crippen LogP contribution in [0.2, 0.25) is 0 Å². The van der Waals surface area contributed by atoms with E-state index in [1.165, 1.54) is 5.56 Å². The molecule has 1 aromatic heterocycles. The summed E-state index contributed by atoms with van der Waals surface area (Å²) in [6.07, 6.45) is 0.865. The Hall–Kier alpha value is -2.93. The van der Waals surface area contributed by atoms with Gasteiger partial charge in [-0.1, -0.05) is 48.0 Å². The molecule has 0 aliphatic heterocycles. The van der Waals surface area contributed by atoms with Gasteiger partial charge in [0.15, 0.2) is 5.82 Å². The summed E-state index contributed by atoms with van der Waals surface area (Å²) in [5.74, 6) is 0.776. The largest absolute Gasteiger partial charge is 0.368 e. The second-order valence-electron chi connectivity index (χ2n) is 5.88. The van der Waals surface area contributed by atoms with Crippen LogP contribution in [0.15, 0.2) is 71.6 Å². The second-order valence-corrected chi connectivity index (χ2v) is 7.57. The standard InChI is InChI=1S/C19H20N4O2S/c1-15-7-9-17(10-8-15)26(24,25)23-19-12-11-18(21-22-19)20-14-13-16-5-3-2-4-6-16/h2-12H,13-14H2,1H3,(H,20,21)(H,22,23). The molecule has 0 amide bonds. The van der Waals surface area contributed by atoms with Gasteiger partial charge in [-0.3, -0.25) is 4.72 Å². The number of anilines is 2. The van der Waals surface area contributed by atoms with Crippen molar-refractivity contribution in [3.63, 3.8) is 0 Å². The number of nitrogens with one attached hydrogen (secondary N) is 2. The van der Waals surface area contributed by atoms with E-state index in [9.17, 15) is 8.42 Å². The van der Waals surface area contributed by atoms with Crippen molar-refractivity contribution >= 4 is 21.7 Å². The average molecular weight is 368 g/mol. The minimum absolute atomic E-state index is 0.180. The highest BCUT2D eigenvalue weighted by atomic mass is 32.2. The molecule has 0 radical (unpaired) electrons.